The molecule has 0 bridgehead atoms. The third-order valence-electron chi connectivity index (χ3n) is 1.95. The number of hydrogen-bond acceptors (Lipinski definition) is 1. The predicted octanol–water partition coefficient (Wildman–Crippen LogP) is 2.00. The van der Waals surface area contributed by atoms with E-state index < -0.39 is 0 Å². The molecule has 1 aromatic carbocycles. The Bertz CT molecular complexity index is 412. The molecule has 2 aromatic rings. The van der Waals surface area contributed by atoms with Gasteiger partial charge in [0.25, 0.3) is 0 Å². The van der Waals surface area contributed by atoms with Crippen molar-refractivity contribution in [3.05, 3.63) is 36.0 Å². The van der Waals surface area contributed by atoms with Crippen LogP contribution in [-0.4, -0.2) is 9.97 Å². The summed E-state index contributed by atoms with van der Waals surface area (Å²) in [4.78, 5) is 3.78. The summed E-state index contributed by atoms with van der Waals surface area (Å²) >= 11 is 4.84. The molecule has 0 unspecified atom stereocenters. The van der Waals surface area contributed by atoms with Crippen LogP contribution in [0.2, 0.25) is 0 Å². The van der Waals surface area contributed by atoms with Gasteiger partial charge >= 0.3 is 0 Å². The van der Waals surface area contributed by atoms with Crippen molar-refractivity contribution >= 4 is 28.1 Å². The van der Waals surface area contributed by atoms with E-state index in [2.05, 4.69) is 17.1 Å². The van der Waals surface area contributed by atoms with Crippen molar-refractivity contribution < 1.29 is 0 Å². The number of aromatic nitrogens is 1. The van der Waals surface area contributed by atoms with Crippen molar-refractivity contribution in [1.82, 2.24) is 4.98 Å². The van der Waals surface area contributed by atoms with E-state index in [0.717, 1.165) is 11.2 Å². The van der Waals surface area contributed by atoms with Gasteiger partial charge < -0.3 is 10.7 Å². The quantitative estimate of drug-likeness (QED) is 0.711. The first-order valence-electron chi connectivity index (χ1n) is 4.10. The summed E-state index contributed by atoms with van der Waals surface area (Å²) in [5, 5.41) is 1.20. The summed E-state index contributed by atoms with van der Waals surface area (Å²) in [6.07, 6.45) is 0.643. The minimum Gasteiger partial charge on any atom is -0.393 e. The van der Waals surface area contributed by atoms with E-state index in [1.54, 1.807) is 0 Å². The van der Waals surface area contributed by atoms with Crippen LogP contribution in [0.4, 0.5) is 0 Å². The van der Waals surface area contributed by atoms with E-state index in [9.17, 15) is 0 Å². The van der Waals surface area contributed by atoms with Gasteiger partial charge in [-0.05, 0) is 17.5 Å². The molecule has 0 fully saturated rings. The zero-order valence-electron chi connectivity index (χ0n) is 7.08. The lowest BCUT2D eigenvalue weighted by molar-refractivity contribution is 1.21. The summed E-state index contributed by atoms with van der Waals surface area (Å²) < 4.78 is 0. The maximum Gasteiger partial charge on any atom is 0.0786 e. The molecule has 0 aliphatic rings. The van der Waals surface area contributed by atoms with E-state index >= 15 is 0 Å². The first-order chi connectivity index (χ1) is 6.25. The molecule has 66 valence electrons. The van der Waals surface area contributed by atoms with Crippen molar-refractivity contribution in [1.29, 1.82) is 0 Å². The Morgan fingerprint density at radius 2 is 2.15 bits per heavy atom. The van der Waals surface area contributed by atoms with Gasteiger partial charge in [-0.15, -0.1) is 0 Å². The standard InChI is InChI=1S/C10H10N2S/c11-10(13)6-8-5-7-3-1-2-4-9(7)12-8/h1-5,12H,6H2,(H2,11,13). The molecule has 0 atom stereocenters. The number of aromatic amines is 1. The summed E-state index contributed by atoms with van der Waals surface area (Å²) in [7, 11) is 0. The van der Waals surface area contributed by atoms with Crippen LogP contribution in [0.3, 0.4) is 0 Å². The SMILES string of the molecule is NC(=S)Cc1cc2ccccc2[nH]1. The number of thiocarbonyl (C=S) groups is 1. The van der Waals surface area contributed by atoms with E-state index in [1.807, 2.05) is 18.2 Å². The topological polar surface area (TPSA) is 41.8 Å². The number of benzene rings is 1. The van der Waals surface area contributed by atoms with Crippen molar-refractivity contribution in [2.75, 3.05) is 0 Å². The largest absolute Gasteiger partial charge is 0.393 e. The van der Waals surface area contributed by atoms with Gasteiger partial charge in [0.05, 0.1) is 4.99 Å². The molecule has 1 heterocycles. The van der Waals surface area contributed by atoms with Crippen LogP contribution in [0.15, 0.2) is 30.3 Å². The minimum atomic E-state index is 0.520. The molecular formula is C10H10N2S. The number of para-hydroxylation sites is 1. The van der Waals surface area contributed by atoms with Crippen LogP contribution in [0.5, 0.6) is 0 Å². The zero-order valence-corrected chi connectivity index (χ0v) is 7.90. The van der Waals surface area contributed by atoms with Crippen molar-refractivity contribution in [2.24, 2.45) is 5.73 Å². The summed E-state index contributed by atoms with van der Waals surface area (Å²) in [6.45, 7) is 0. The minimum absolute atomic E-state index is 0.520. The molecule has 2 nitrogen and oxygen atoms in total. The maximum absolute atomic E-state index is 5.46. The fourth-order valence-electron chi connectivity index (χ4n) is 1.42. The average molecular weight is 190 g/mol. The molecule has 3 N–H and O–H groups in total. The third kappa shape index (κ3) is 1.70. The highest BCUT2D eigenvalue weighted by Crippen LogP contribution is 2.14. The Balaban J connectivity index is 2.44. The van der Waals surface area contributed by atoms with Crippen LogP contribution < -0.4 is 5.73 Å². The molecule has 1 aromatic heterocycles. The Kier molecular flexibility index (Phi) is 2.02. The van der Waals surface area contributed by atoms with E-state index in [1.165, 1.54) is 5.39 Å². The zero-order chi connectivity index (χ0) is 9.26. The Morgan fingerprint density at radius 3 is 2.85 bits per heavy atom. The summed E-state index contributed by atoms with van der Waals surface area (Å²) in [6, 6.07) is 10.2. The predicted molar refractivity (Wildman–Crippen MR) is 58.8 cm³/mol. The van der Waals surface area contributed by atoms with Gasteiger partial charge in [0, 0.05) is 17.6 Å². The molecular weight excluding hydrogens is 180 g/mol. The molecule has 0 radical (unpaired) electrons. The smallest absolute Gasteiger partial charge is 0.0786 e. The van der Waals surface area contributed by atoms with Gasteiger partial charge in [0.15, 0.2) is 0 Å². The van der Waals surface area contributed by atoms with Gasteiger partial charge in [0.2, 0.25) is 0 Å². The second-order valence-corrected chi connectivity index (χ2v) is 3.55. The normalized spacial score (nSPS) is 10.5. The van der Waals surface area contributed by atoms with E-state index in [0.29, 0.717) is 11.4 Å². The molecule has 3 heteroatoms. The second kappa shape index (κ2) is 3.18. The highest BCUT2D eigenvalue weighted by Gasteiger charge is 2.00. The van der Waals surface area contributed by atoms with Gasteiger partial charge in [-0.3, -0.25) is 0 Å². The average Bonchev–Trinajstić information content (AvgIpc) is 2.44. The lowest BCUT2D eigenvalue weighted by Gasteiger charge is -1.91. The molecule has 0 saturated heterocycles. The van der Waals surface area contributed by atoms with E-state index in [-0.39, 0.29) is 0 Å². The number of fused-ring (bicyclic) bond motifs is 1. The van der Waals surface area contributed by atoms with Crippen LogP contribution in [0, 0.1) is 0 Å². The molecule has 0 aliphatic carbocycles. The number of rotatable bonds is 2. The van der Waals surface area contributed by atoms with Gasteiger partial charge in [0.1, 0.15) is 0 Å². The van der Waals surface area contributed by atoms with Crippen molar-refractivity contribution in [3.63, 3.8) is 0 Å². The number of hydrogen-bond donors (Lipinski definition) is 2. The molecule has 0 aliphatic heterocycles. The lowest BCUT2D eigenvalue weighted by atomic mass is 10.2. The number of nitrogens with two attached hydrogens (primary N) is 1. The fraction of sp³-hybridized carbons (Fsp3) is 0.100. The Morgan fingerprint density at radius 1 is 1.38 bits per heavy atom. The Hall–Kier alpha value is -1.35. The molecule has 2 rings (SSSR count). The highest BCUT2D eigenvalue weighted by molar-refractivity contribution is 7.80. The van der Waals surface area contributed by atoms with Crippen LogP contribution >= 0.6 is 12.2 Å². The lowest BCUT2D eigenvalue weighted by Crippen LogP contribution is -2.10. The fourth-order valence-corrected chi connectivity index (χ4v) is 1.57. The van der Waals surface area contributed by atoms with Crippen molar-refractivity contribution in [3.8, 4) is 0 Å². The number of H-pyrrole nitrogens is 1. The first-order valence-corrected chi connectivity index (χ1v) is 4.51. The van der Waals surface area contributed by atoms with Crippen LogP contribution in [0.25, 0.3) is 10.9 Å². The summed E-state index contributed by atoms with van der Waals surface area (Å²) in [5.74, 6) is 0. The van der Waals surface area contributed by atoms with Crippen LogP contribution in [0.1, 0.15) is 5.69 Å². The maximum atomic E-state index is 5.46. The van der Waals surface area contributed by atoms with Gasteiger partial charge in [-0.2, -0.15) is 0 Å². The first kappa shape index (κ1) is 8.26. The molecule has 13 heavy (non-hydrogen) atoms. The van der Waals surface area contributed by atoms with Gasteiger partial charge in [-0.1, -0.05) is 30.4 Å². The highest BCUT2D eigenvalue weighted by atomic mass is 32.1. The number of nitrogens with one attached hydrogen (secondary N) is 1. The second-order valence-electron chi connectivity index (χ2n) is 3.02. The monoisotopic (exact) mass is 190 g/mol. The van der Waals surface area contributed by atoms with E-state index in [4.69, 9.17) is 18.0 Å². The molecule has 0 amide bonds. The third-order valence-corrected chi connectivity index (χ3v) is 2.09. The van der Waals surface area contributed by atoms with Gasteiger partial charge in [-0.25, -0.2) is 0 Å². The molecule has 0 saturated carbocycles. The molecule has 0 spiro atoms. The summed E-state index contributed by atoms with van der Waals surface area (Å²) in [5.41, 5.74) is 7.67. The van der Waals surface area contributed by atoms with Crippen LogP contribution in [-0.2, 0) is 6.42 Å². The van der Waals surface area contributed by atoms with Crippen molar-refractivity contribution in [2.45, 2.75) is 6.42 Å². The Labute approximate surface area is 81.8 Å².